The number of hydrogen-bond donors (Lipinski definition) is 1. The summed E-state index contributed by atoms with van der Waals surface area (Å²) in [5.41, 5.74) is 6.44. The number of nitrogens with zero attached hydrogens (tertiary/aromatic N) is 2. The highest BCUT2D eigenvalue weighted by molar-refractivity contribution is 5.95. The molecule has 0 aliphatic carbocycles. The van der Waals surface area contributed by atoms with E-state index in [1.54, 1.807) is 0 Å². The van der Waals surface area contributed by atoms with Crippen molar-refractivity contribution in [3.05, 3.63) is 101 Å². The van der Waals surface area contributed by atoms with Gasteiger partial charge in [-0.3, -0.25) is 4.79 Å². The van der Waals surface area contributed by atoms with Gasteiger partial charge in [-0.25, -0.2) is 4.98 Å². The molecule has 0 bridgehead atoms. The van der Waals surface area contributed by atoms with Crippen LogP contribution in [-0.4, -0.2) is 22.0 Å². The number of para-hydroxylation sites is 2. The second-order valence-electron chi connectivity index (χ2n) is 7.77. The zero-order valence-corrected chi connectivity index (χ0v) is 17.6. The zero-order valence-electron chi connectivity index (χ0n) is 17.6. The Balaban J connectivity index is 1.46. The normalized spacial score (nSPS) is 11.0. The van der Waals surface area contributed by atoms with Crippen molar-refractivity contribution >= 4 is 16.9 Å². The van der Waals surface area contributed by atoms with Crippen LogP contribution in [0.5, 0.6) is 0 Å². The van der Waals surface area contributed by atoms with Gasteiger partial charge in [-0.1, -0.05) is 60.2 Å². The number of fused-ring (bicyclic) bond motifs is 1. The van der Waals surface area contributed by atoms with Gasteiger partial charge in [0.15, 0.2) is 0 Å². The Hall–Kier alpha value is -3.40. The van der Waals surface area contributed by atoms with E-state index in [2.05, 4.69) is 59.3 Å². The average Bonchev–Trinajstić information content (AvgIpc) is 3.09. The number of hydrogen-bond acceptors (Lipinski definition) is 2. The summed E-state index contributed by atoms with van der Waals surface area (Å²) in [6.07, 6.45) is 1.66. The van der Waals surface area contributed by atoms with Crippen LogP contribution in [0.1, 0.15) is 39.3 Å². The molecule has 1 heterocycles. The summed E-state index contributed by atoms with van der Waals surface area (Å²) in [6.45, 7) is 5.50. The molecule has 0 radical (unpaired) electrons. The highest BCUT2D eigenvalue weighted by atomic mass is 16.1. The van der Waals surface area contributed by atoms with Crippen molar-refractivity contribution in [1.29, 1.82) is 0 Å². The fraction of sp³-hybridized carbons (Fsp3) is 0.231. The van der Waals surface area contributed by atoms with E-state index in [1.165, 1.54) is 11.1 Å². The standard InChI is InChI=1S/C26H27N3O/c1-19-9-7-11-21(17-19)18-29-24-14-6-5-13-23(24)28-25(29)15-8-16-27-26(30)22-12-4-3-10-20(22)2/h3-7,9-14,17H,8,15-16,18H2,1-2H3,(H,27,30). The molecule has 1 aromatic heterocycles. The Morgan fingerprint density at radius 1 is 0.967 bits per heavy atom. The lowest BCUT2D eigenvalue weighted by Gasteiger charge is -2.11. The van der Waals surface area contributed by atoms with Gasteiger partial charge in [-0.2, -0.15) is 0 Å². The van der Waals surface area contributed by atoms with Crippen molar-refractivity contribution in [2.45, 2.75) is 33.2 Å². The molecule has 0 saturated heterocycles. The van der Waals surface area contributed by atoms with E-state index >= 15 is 0 Å². The molecule has 4 rings (SSSR count). The maximum absolute atomic E-state index is 12.4. The number of nitrogens with one attached hydrogen (secondary N) is 1. The van der Waals surface area contributed by atoms with E-state index < -0.39 is 0 Å². The van der Waals surface area contributed by atoms with Crippen molar-refractivity contribution < 1.29 is 4.79 Å². The minimum absolute atomic E-state index is 0.0126. The number of benzene rings is 3. The topological polar surface area (TPSA) is 46.9 Å². The van der Waals surface area contributed by atoms with Gasteiger partial charge in [0, 0.05) is 25.1 Å². The average molecular weight is 398 g/mol. The lowest BCUT2D eigenvalue weighted by atomic mass is 10.1. The second-order valence-corrected chi connectivity index (χ2v) is 7.77. The van der Waals surface area contributed by atoms with Gasteiger partial charge in [-0.05, 0) is 49.6 Å². The van der Waals surface area contributed by atoms with Crippen LogP contribution in [0, 0.1) is 13.8 Å². The van der Waals surface area contributed by atoms with Gasteiger partial charge < -0.3 is 9.88 Å². The van der Waals surface area contributed by atoms with Crippen LogP contribution in [0.15, 0.2) is 72.8 Å². The van der Waals surface area contributed by atoms with Crippen molar-refractivity contribution in [2.24, 2.45) is 0 Å². The Morgan fingerprint density at radius 3 is 2.60 bits per heavy atom. The fourth-order valence-corrected chi connectivity index (χ4v) is 3.86. The molecule has 4 nitrogen and oxygen atoms in total. The summed E-state index contributed by atoms with van der Waals surface area (Å²) in [7, 11) is 0. The number of aromatic nitrogens is 2. The third-order valence-electron chi connectivity index (χ3n) is 5.41. The minimum atomic E-state index is -0.0126. The molecule has 3 aromatic carbocycles. The number of carbonyl (C=O) groups excluding carboxylic acids is 1. The zero-order chi connectivity index (χ0) is 20.9. The number of carbonyl (C=O) groups is 1. The number of rotatable bonds is 7. The maximum Gasteiger partial charge on any atom is 0.251 e. The molecule has 1 amide bonds. The van der Waals surface area contributed by atoms with E-state index in [0.29, 0.717) is 6.54 Å². The van der Waals surface area contributed by atoms with Crippen LogP contribution in [0.4, 0.5) is 0 Å². The molecular formula is C26H27N3O. The lowest BCUT2D eigenvalue weighted by molar-refractivity contribution is 0.0952. The molecule has 30 heavy (non-hydrogen) atoms. The first-order chi connectivity index (χ1) is 14.6. The maximum atomic E-state index is 12.4. The van der Waals surface area contributed by atoms with Gasteiger partial charge in [0.05, 0.1) is 11.0 Å². The molecular weight excluding hydrogens is 370 g/mol. The lowest BCUT2D eigenvalue weighted by Crippen LogP contribution is -2.25. The molecule has 1 N–H and O–H groups in total. The predicted octanol–water partition coefficient (Wildman–Crippen LogP) is 5.06. The summed E-state index contributed by atoms with van der Waals surface area (Å²) in [5, 5.41) is 3.04. The second kappa shape index (κ2) is 8.95. The van der Waals surface area contributed by atoms with Crippen molar-refractivity contribution in [3.63, 3.8) is 0 Å². The van der Waals surface area contributed by atoms with Crippen LogP contribution in [0.2, 0.25) is 0 Å². The summed E-state index contributed by atoms with van der Waals surface area (Å²) in [4.78, 5) is 17.3. The van der Waals surface area contributed by atoms with Gasteiger partial charge in [-0.15, -0.1) is 0 Å². The first kappa shape index (κ1) is 19.9. The van der Waals surface area contributed by atoms with Crippen molar-refractivity contribution in [1.82, 2.24) is 14.9 Å². The fourth-order valence-electron chi connectivity index (χ4n) is 3.86. The van der Waals surface area contributed by atoms with Crippen LogP contribution in [-0.2, 0) is 13.0 Å². The molecule has 4 heteroatoms. The van der Waals surface area contributed by atoms with Crippen molar-refractivity contribution in [2.75, 3.05) is 6.54 Å². The van der Waals surface area contributed by atoms with Gasteiger partial charge in [0.25, 0.3) is 5.91 Å². The third-order valence-corrected chi connectivity index (χ3v) is 5.41. The molecule has 0 aliphatic heterocycles. The Kier molecular flexibility index (Phi) is 5.94. The van der Waals surface area contributed by atoms with E-state index in [-0.39, 0.29) is 5.91 Å². The largest absolute Gasteiger partial charge is 0.352 e. The van der Waals surface area contributed by atoms with Crippen molar-refractivity contribution in [3.8, 4) is 0 Å². The highest BCUT2D eigenvalue weighted by Crippen LogP contribution is 2.19. The van der Waals surface area contributed by atoms with Crippen LogP contribution < -0.4 is 5.32 Å². The van der Waals surface area contributed by atoms with Crippen LogP contribution in [0.3, 0.4) is 0 Å². The monoisotopic (exact) mass is 397 g/mol. The molecule has 0 unspecified atom stereocenters. The number of imidazole rings is 1. The third kappa shape index (κ3) is 4.43. The molecule has 0 aliphatic rings. The number of amides is 1. The smallest absolute Gasteiger partial charge is 0.251 e. The van der Waals surface area contributed by atoms with E-state index in [1.807, 2.05) is 37.3 Å². The predicted molar refractivity (Wildman–Crippen MR) is 122 cm³/mol. The summed E-state index contributed by atoms with van der Waals surface area (Å²) >= 11 is 0. The van der Waals surface area contributed by atoms with Gasteiger partial charge in [0.2, 0.25) is 0 Å². The first-order valence-electron chi connectivity index (χ1n) is 10.5. The van der Waals surface area contributed by atoms with E-state index in [4.69, 9.17) is 4.98 Å². The number of aryl methyl sites for hydroxylation is 3. The molecule has 4 aromatic rings. The molecule has 0 saturated carbocycles. The van der Waals surface area contributed by atoms with Gasteiger partial charge in [0.1, 0.15) is 5.82 Å². The van der Waals surface area contributed by atoms with Crippen LogP contribution >= 0.6 is 0 Å². The van der Waals surface area contributed by atoms with E-state index in [0.717, 1.165) is 47.4 Å². The molecule has 152 valence electrons. The quantitative estimate of drug-likeness (QED) is 0.443. The molecule has 0 atom stereocenters. The Labute approximate surface area is 177 Å². The van der Waals surface area contributed by atoms with Gasteiger partial charge >= 0.3 is 0 Å². The minimum Gasteiger partial charge on any atom is -0.352 e. The summed E-state index contributed by atoms with van der Waals surface area (Å²) < 4.78 is 2.30. The Morgan fingerprint density at radius 2 is 1.77 bits per heavy atom. The summed E-state index contributed by atoms with van der Waals surface area (Å²) in [5.74, 6) is 1.05. The van der Waals surface area contributed by atoms with Crippen LogP contribution in [0.25, 0.3) is 11.0 Å². The molecule has 0 fully saturated rings. The summed E-state index contributed by atoms with van der Waals surface area (Å²) in [6, 6.07) is 24.6. The molecule has 0 spiro atoms. The van der Waals surface area contributed by atoms with E-state index in [9.17, 15) is 4.79 Å². The highest BCUT2D eigenvalue weighted by Gasteiger charge is 2.12. The first-order valence-corrected chi connectivity index (χ1v) is 10.5. The SMILES string of the molecule is Cc1cccc(Cn2c(CCCNC(=O)c3ccccc3C)nc3ccccc32)c1. The Bertz CT molecular complexity index is 1180.